The summed E-state index contributed by atoms with van der Waals surface area (Å²) in [5.41, 5.74) is 1.30. The van der Waals surface area contributed by atoms with E-state index in [1.165, 1.54) is 5.56 Å². The third-order valence-electron chi connectivity index (χ3n) is 3.25. The van der Waals surface area contributed by atoms with Gasteiger partial charge in [0.1, 0.15) is 0 Å². The average Bonchev–Trinajstić information content (AvgIpc) is 2.30. The highest BCUT2D eigenvalue weighted by Gasteiger charge is 2.26. The first kappa shape index (κ1) is 10.1. The minimum atomic E-state index is -0.636. The Hall–Kier alpha value is -1.38. The van der Waals surface area contributed by atoms with E-state index in [-0.39, 0.29) is 5.92 Å². The van der Waals surface area contributed by atoms with Crippen molar-refractivity contribution in [1.29, 1.82) is 0 Å². The van der Waals surface area contributed by atoms with Gasteiger partial charge in [-0.3, -0.25) is 9.78 Å². The highest BCUT2D eigenvalue weighted by atomic mass is 16.4. The molecule has 0 aromatic carbocycles. The molecule has 0 bridgehead atoms. The largest absolute Gasteiger partial charge is 0.481 e. The van der Waals surface area contributed by atoms with Crippen LogP contribution in [-0.4, -0.2) is 16.1 Å². The van der Waals surface area contributed by atoms with Crippen LogP contribution in [0.2, 0.25) is 0 Å². The van der Waals surface area contributed by atoms with Crippen molar-refractivity contribution in [2.45, 2.75) is 31.6 Å². The lowest BCUT2D eigenvalue weighted by molar-refractivity contribution is -0.142. The van der Waals surface area contributed by atoms with Crippen LogP contribution in [0.25, 0.3) is 0 Å². The summed E-state index contributed by atoms with van der Waals surface area (Å²) in [5, 5.41) is 8.89. The molecule has 1 fully saturated rings. The van der Waals surface area contributed by atoms with Crippen molar-refractivity contribution in [2.24, 2.45) is 5.92 Å². The molecule has 0 spiro atoms. The third-order valence-corrected chi connectivity index (χ3v) is 3.25. The fourth-order valence-corrected chi connectivity index (χ4v) is 2.31. The van der Waals surface area contributed by atoms with Gasteiger partial charge in [-0.1, -0.05) is 0 Å². The van der Waals surface area contributed by atoms with E-state index >= 15 is 0 Å². The smallest absolute Gasteiger partial charge is 0.306 e. The summed E-state index contributed by atoms with van der Waals surface area (Å²) in [4.78, 5) is 14.8. The Morgan fingerprint density at radius 3 is 2.33 bits per heavy atom. The molecule has 1 aliphatic rings. The molecule has 0 amide bonds. The molecule has 1 aliphatic carbocycles. The van der Waals surface area contributed by atoms with Crippen molar-refractivity contribution in [3.63, 3.8) is 0 Å². The van der Waals surface area contributed by atoms with Gasteiger partial charge in [0.2, 0.25) is 0 Å². The zero-order chi connectivity index (χ0) is 10.7. The predicted molar refractivity (Wildman–Crippen MR) is 56.6 cm³/mol. The second-order valence-electron chi connectivity index (χ2n) is 4.17. The first-order valence-electron chi connectivity index (χ1n) is 5.40. The molecule has 1 heterocycles. The summed E-state index contributed by atoms with van der Waals surface area (Å²) in [7, 11) is 0. The van der Waals surface area contributed by atoms with Gasteiger partial charge in [-0.15, -0.1) is 0 Å². The van der Waals surface area contributed by atoms with E-state index in [2.05, 4.69) is 4.98 Å². The molecule has 3 heteroatoms. The van der Waals surface area contributed by atoms with Crippen molar-refractivity contribution < 1.29 is 9.90 Å². The van der Waals surface area contributed by atoms with Crippen molar-refractivity contribution in [2.75, 3.05) is 0 Å². The van der Waals surface area contributed by atoms with Crippen LogP contribution in [-0.2, 0) is 4.79 Å². The first-order valence-corrected chi connectivity index (χ1v) is 5.40. The van der Waals surface area contributed by atoms with E-state index in [4.69, 9.17) is 5.11 Å². The Bertz CT molecular complexity index is 329. The Balaban J connectivity index is 1.97. The van der Waals surface area contributed by atoms with Gasteiger partial charge < -0.3 is 5.11 Å². The molecule has 15 heavy (non-hydrogen) atoms. The summed E-state index contributed by atoms with van der Waals surface area (Å²) < 4.78 is 0. The fourth-order valence-electron chi connectivity index (χ4n) is 2.31. The number of aliphatic carboxylic acids is 1. The molecular weight excluding hydrogens is 190 g/mol. The zero-order valence-corrected chi connectivity index (χ0v) is 8.60. The molecule has 0 aliphatic heterocycles. The van der Waals surface area contributed by atoms with E-state index < -0.39 is 5.97 Å². The van der Waals surface area contributed by atoms with Gasteiger partial charge in [-0.2, -0.15) is 0 Å². The lowest BCUT2D eigenvalue weighted by atomic mass is 9.79. The van der Waals surface area contributed by atoms with Crippen molar-refractivity contribution in [1.82, 2.24) is 4.98 Å². The number of hydrogen-bond acceptors (Lipinski definition) is 2. The lowest BCUT2D eigenvalue weighted by Crippen LogP contribution is -2.20. The normalized spacial score (nSPS) is 26.1. The predicted octanol–water partition coefficient (Wildman–Crippen LogP) is 2.44. The molecule has 1 N–H and O–H groups in total. The minimum Gasteiger partial charge on any atom is -0.481 e. The molecule has 3 nitrogen and oxygen atoms in total. The fraction of sp³-hybridized carbons (Fsp3) is 0.500. The van der Waals surface area contributed by atoms with E-state index in [1.807, 2.05) is 12.1 Å². The number of nitrogens with zero attached hydrogens (tertiary/aromatic N) is 1. The van der Waals surface area contributed by atoms with Gasteiger partial charge >= 0.3 is 5.97 Å². The molecule has 1 aromatic rings. The maximum Gasteiger partial charge on any atom is 0.306 e. The number of hydrogen-bond donors (Lipinski definition) is 1. The lowest BCUT2D eigenvalue weighted by Gasteiger charge is -2.26. The maximum atomic E-state index is 10.8. The quantitative estimate of drug-likeness (QED) is 0.806. The molecule has 0 radical (unpaired) electrons. The third kappa shape index (κ3) is 2.35. The Morgan fingerprint density at radius 2 is 1.80 bits per heavy atom. The highest BCUT2D eigenvalue weighted by molar-refractivity contribution is 5.70. The Morgan fingerprint density at radius 1 is 1.20 bits per heavy atom. The van der Waals surface area contributed by atoms with Crippen molar-refractivity contribution >= 4 is 5.97 Å². The number of pyridine rings is 1. The second kappa shape index (κ2) is 4.43. The van der Waals surface area contributed by atoms with Crippen LogP contribution in [0.4, 0.5) is 0 Å². The van der Waals surface area contributed by atoms with Crippen LogP contribution in [0.15, 0.2) is 24.5 Å². The number of rotatable bonds is 2. The molecule has 0 saturated heterocycles. The van der Waals surface area contributed by atoms with Crippen LogP contribution in [0.5, 0.6) is 0 Å². The molecule has 0 atom stereocenters. The van der Waals surface area contributed by atoms with Gasteiger partial charge in [0.25, 0.3) is 0 Å². The van der Waals surface area contributed by atoms with Crippen molar-refractivity contribution in [3.05, 3.63) is 30.1 Å². The van der Waals surface area contributed by atoms with Crippen LogP contribution in [0, 0.1) is 5.92 Å². The zero-order valence-electron chi connectivity index (χ0n) is 8.60. The van der Waals surface area contributed by atoms with E-state index in [0.717, 1.165) is 25.7 Å². The molecule has 1 aromatic heterocycles. The average molecular weight is 205 g/mol. The number of carboxylic acids is 1. The van der Waals surface area contributed by atoms with Gasteiger partial charge in [-0.25, -0.2) is 0 Å². The Kier molecular flexibility index (Phi) is 2.99. The topological polar surface area (TPSA) is 50.2 Å². The first-order chi connectivity index (χ1) is 7.27. The van der Waals surface area contributed by atoms with Crippen molar-refractivity contribution in [3.8, 4) is 0 Å². The van der Waals surface area contributed by atoms with Gasteiger partial charge in [0.15, 0.2) is 0 Å². The maximum absolute atomic E-state index is 10.8. The van der Waals surface area contributed by atoms with Gasteiger partial charge in [0.05, 0.1) is 5.92 Å². The Labute approximate surface area is 89.2 Å². The van der Waals surface area contributed by atoms with E-state index in [9.17, 15) is 4.79 Å². The summed E-state index contributed by atoms with van der Waals surface area (Å²) >= 11 is 0. The number of carboxylic acid groups (broad SMARTS) is 1. The van der Waals surface area contributed by atoms with Crippen LogP contribution in [0.3, 0.4) is 0 Å². The van der Waals surface area contributed by atoms with Crippen LogP contribution in [0.1, 0.15) is 37.2 Å². The minimum absolute atomic E-state index is 0.122. The van der Waals surface area contributed by atoms with Crippen LogP contribution >= 0.6 is 0 Å². The molecule has 80 valence electrons. The summed E-state index contributed by atoms with van der Waals surface area (Å²) in [6.07, 6.45) is 7.20. The SMILES string of the molecule is O=C(O)[C@H]1CC[C@H](c2ccncc2)CC1. The molecular formula is C12H15NO2. The second-order valence-corrected chi connectivity index (χ2v) is 4.17. The summed E-state index contributed by atoms with van der Waals surface area (Å²) in [5.74, 6) is -0.227. The molecule has 0 unspecified atom stereocenters. The van der Waals surface area contributed by atoms with Gasteiger partial charge in [0, 0.05) is 12.4 Å². The molecule has 2 rings (SSSR count). The monoisotopic (exact) mass is 205 g/mol. The van der Waals surface area contributed by atoms with Crippen LogP contribution < -0.4 is 0 Å². The van der Waals surface area contributed by atoms with Gasteiger partial charge in [-0.05, 0) is 49.3 Å². The summed E-state index contributed by atoms with van der Waals surface area (Å²) in [6, 6.07) is 4.07. The summed E-state index contributed by atoms with van der Waals surface area (Å²) in [6.45, 7) is 0. The molecule has 1 saturated carbocycles. The van der Waals surface area contributed by atoms with E-state index in [0.29, 0.717) is 5.92 Å². The highest BCUT2D eigenvalue weighted by Crippen LogP contribution is 2.35. The number of carbonyl (C=O) groups is 1. The number of aromatic nitrogens is 1. The van der Waals surface area contributed by atoms with E-state index in [1.54, 1.807) is 12.4 Å². The standard InChI is InChI=1S/C12H15NO2/c14-12(15)11-3-1-9(2-4-11)10-5-7-13-8-6-10/h5-9,11H,1-4H2,(H,14,15)/t9-,11-.